The minimum atomic E-state index is -1.52. The van der Waals surface area contributed by atoms with E-state index in [4.69, 9.17) is 0 Å². The maximum Gasteiger partial charge on any atom is 0.0775 e. The molecule has 4 nitrogen and oxygen atoms in total. The molecule has 2 aliphatic carbocycles. The van der Waals surface area contributed by atoms with Crippen LogP contribution >= 0.6 is 0 Å². The van der Waals surface area contributed by atoms with Crippen LogP contribution in [0.2, 0.25) is 78.6 Å². The second-order valence-corrected chi connectivity index (χ2v) is 64.7. The van der Waals surface area contributed by atoms with Crippen molar-refractivity contribution >= 4 is 207 Å². The molecule has 0 bridgehead atoms. The van der Waals surface area contributed by atoms with Gasteiger partial charge in [0.2, 0.25) is 0 Å². The molecule has 8 heteroatoms. The molecular weight excluding hydrogens is 1780 g/mol. The van der Waals surface area contributed by atoms with E-state index >= 15 is 0 Å². The smallest absolute Gasteiger partial charge is 0.0775 e. The molecule has 0 saturated carbocycles. The summed E-state index contributed by atoms with van der Waals surface area (Å²) in [6.07, 6.45) is 0. The first-order chi connectivity index (χ1) is 68.5. The Hall–Kier alpha value is -15.0. The molecule has 24 rings (SSSR count). The van der Waals surface area contributed by atoms with Gasteiger partial charge in [0.05, 0.1) is 43.7 Å². The van der Waals surface area contributed by atoms with E-state index < -0.39 is 32.3 Å². The number of rotatable bonds is 18. The highest BCUT2D eigenvalue weighted by Crippen LogP contribution is 2.56. The number of anilines is 12. The SMILES string of the molecule is CC1(C)c2ccccc2-c2ccc(N(c3ccc([Si](C)(C)C)cc3)c3ccc4c(ccc5c6ccc(N(c7ccc([Si](C)(C)C)cc7)c7ccc8c(c7)C(C)(C)c7ccccc7-8)cc6c6ccccc6c45)c3)cc21.C[Si](C)(C)c1ccc(N(c2ccc3c(ccc4c5ccc(N(c6ccc([Si](C)(C)C)cc6)c6ccccc6-c6ccccc6)cc5c5ccccc5c34)c2)c2ccccc2-c2ccccc2)cc1. The number of hydrogen-bond acceptors (Lipinski definition) is 4. The van der Waals surface area contributed by atoms with Gasteiger partial charge in [-0.25, -0.2) is 0 Å². The lowest BCUT2D eigenvalue weighted by Gasteiger charge is -2.29. The third-order valence-electron chi connectivity index (χ3n) is 30.7. The highest BCUT2D eigenvalue weighted by Gasteiger charge is 2.39. The predicted octanol–water partition coefficient (Wildman–Crippen LogP) is 36.6. The summed E-state index contributed by atoms with van der Waals surface area (Å²) < 4.78 is 0. The molecule has 0 saturated heterocycles. The summed E-state index contributed by atoms with van der Waals surface area (Å²) in [6.45, 7) is 38.6. The van der Waals surface area contributed by atoms with Crippen molar-refractivity contribution in [2.24, 2.45) is 0 Å². The van der Waals surface area contributed by atoms with E-state index in [1.54, 1.807) is 0 Å². The monoisotopic (exact) mass is 1900 g/mol. The molecule has 0 fully saturated rings. The Morgan fingerprint density at radius 1 is 0.162 bits per heavy atom. The fraction of sp³-hybridized carbons (Fsp3) is 0.134. The number of hydrogen-bond donors (Lipinski definition) is 0. The van der Waals surface area contributed by atoms with Crippen LogP contribution in [0.3, 0.4) is 0 Å². The van der Waals surface area contributed by atoms with E-state index in [0.717, 1.165) is 45.5 Å². The van der Waals surface area contributed by atoms with Crippen LogP contribution in [0.15, 0.2) is 437 Å². The maximum atomic E-state index is 2.48. The van der Waals surface area contributed by atoms with Gasteiger partial charge in [-0.1, -0.05) is 430 Å². The molecule has 22 aromatic rings. The Balaban J connectivity index is 0.000000158. The van der Waals surface area contributed by atoms with Crippen LogP contribution in [0.5, 0.6) is 0 Å². The van der Waals surface area contributed by atoms with Crippen molar-refractivity contribution in [1.29, 1.82) is 0 Å². The highest BCUT2D eigenvalue weighted by molar-refractivity contribution is 6.90. The summed E-state index contributed by atoms with van der Waals surface area (Å²) >= 11 is 0. The standard InChI is InChI=1S/C70H64N2Si2.C64H56N2Si2/c1-69(2)64-21-15-13-18-57(64)59-39-30-50(43-66(59)69)71(46-24-32-52(33-25-46)73(5,6)7)48-28-37-54-45(41-48)23-36-62-56-38-29-49(42-63(56)55-17-11-12-20-61(55)68(54)62)72(47-26-34-53(35-27-47)74(8,9)10)51-31-40-60-58-19-14-16-22-65(58)70(3,4)67(60)44-51;1-67(2,3)52-36-30-48(31-37-52)65(62-27-17-15-23-54(62)45-19-9-7-10-20-45)50-34-41-56-47(43-50)29-40-60-58-42-35-51(44-61(58)57-25-13-14-26-59(57)64(56)60)66(49-32-38-53(39-33-49)68(4,5)6)63-28-18-16-24-55(63)46-21-11-8-12-22-46/h11-44H,1-10H3;7-44H,1-6H3. The average molecular weight is 1900 g/mol. The van der Waals surface area contributed by atoms with Crippen molar-refractivity contribution in [3.8, 4) is 44.5 Å². The summed E-state index contributed by atoms with van der Waals surface area (Å²) in [7, 11) is -6.04. The predicted molar refractivity (Wildman–Crippen MR) is 630 cm³/mol. The summed E-state index contributed by atoms with van der Waals surface area (Å²) in [5, 5.41) is 26.0. The fourth-order valence-corrected chi connectivity index (χ4v) is 27.7. The van der Waals surface area contributed by atoms with Gasteiger partial charge in [0.15, 0.2) is 0 Å². The largest absolute Gasteiger partial charge is 0.310 e. The van der Waals surface area contributed by atoms with Gasteiger partial charge in [-0.05, 0) is 275 Å². The lowest BCUT2D eigenvalue weighted by Crippen LogP contribution is -2.37. The van der Waals surface area contributed by atoms with E-state index in [2.05, 4.69) is 563 Å². The third kappa shape index (κ3) is 16.0. The average Bonchev–Trinajstić information content (AvgIpc) is 1.63. The molecule has 0 aromatic heterocycles. The van der Waals surface area contributed by atoms with E-state index in [1.165, 1.54) is 196 Å². The summed E-state index contributed by atoms with van der Waals surface area (Å²) in [4.78, 5) is 9.86. The number of benzene rings is 22. The minimum absolute atomic E-state index is 0.106. The Morgan fingerprint density at radius 2 is 0.401 bits per heavy atom. The molecule has 0 radical (unpaired) electrons. The van der Waals surface area contributed by atoms with Gasteiger partial charge >= 0.3 is 0 Å². The normalized spacial score (nSPS) is 13.2. The number of nitrogens with zero attached hydrogens (tertiary/aromatic N) is 4. The first kappa shape index (κ1) is 90.8. The molecule has 692 valence electrons. The van der Waals surface area contributed by atoms with Gasteiger partial charge in [-0.15, -0.1) is 0 Å². The molecule has 142 heavy (non-hydrogen) atoms. The van der Waals surface area contributed by atoms with Crippen molar-refractivity contribution in [2.45, 2.75) is 117 Å². The first-order valence-electron chi connectivity index (χ1n) is 50.5. The Bertz CT molecular complexity index is 8690. The molecular formula is C134H120N4Si4. The second-order valence-electron chi connectivity index (χ2n) is 44.4. The van der Waals surface area contributed by atoms with E-state index in [1.807, 2.05) is 0 Å². The van der Waals surface area contributed by atoms with Crippen molar-refractivity contribution < 1.29 is 0 Å². The zero-order valence-corrected chi connectivity index (χ0v) is 88.4. The molecule has 0 spiro atoms. The fourth-order valence-electron chi connectivity index (χ4n) is 23.0. The van der Waals surface area contributed by atoms with Crippen LogP contribution in [0, 0.1) is 0 Å². The molecule has 0 aliphatic heterocycles. The van der Waals surface area contributed by atoms with Crippen LogP contribution < -0.4 is 40.3 Å². The van der Waals surface area contributed by atoms with Gasteiger partial charge in [-0.2, -0.15) is 0 Å². The van der Waals surface area contributed by atoms with Crippen LogP contribution in [0.25, 0.3) is 131 Å². The van der Waals surface area contributed by atoms with Crippen molar-refractivity contribution in [3.63, 3.8) is 0 Å². The van der Waals surface area contributed by atoms with Gasteiger partial charge in [0.25, 0.3) is 0 Å². The summed E-state index contributed by atoms with van der Waals surface area (Å²) in [5.74, 6) is 0. The molecule has 0 heterocycles. The third-order valence-corrected chi connectivity index (χ3v) is 38.9. The lowest BCUT2D eigenvalue weighted by atomic mass is 9.82. The molecule has 2 aliphatic rings. The van der Waals surface area contributed by atoms with Gasteiger partial charge in [-0.3, -0.25) is 0 Å². The number of fused-ring (bicyclic) bond motifs is 22. The van der Waals surface area contributed by atoms with Crippen molar-refractivity contribution in [1.82, 2.24) is 0 Å². The highest BCUT2D eigenvalue weighted by atomic mass is 28.3. The van der Waals surface area contributed by atoms with Crippen molar-refractivity contribution in [2.75, 3.05) is 19.6 Å². The van der Waals surface area contributed by atoms with Crippen LogP contribution in [-0.4, -0.2) is 32.3 Å². The van der Waals surface area contributed by atoms with Crippen LogP contribution in [0.4, 0.5) is 68.2 Å². The topological polar surface area (TPSA) is 13.0 Å². The van der Waals surface area contributed by atoms with Crippen molar-refractivity contribution in [3.05, 3.63) is 459 Å². The molecule has 22 aromatic carbocycles. The quantitative estimate of drug-likeness (QED) is 0.0627. The van der Waals surface area contributed by atoms with Crippen LogP contribution in [0.1, 0.15) is 49.9 Å². The van der Waals surface area contributed by atoms with E-state index in [0.29, 0.717) is 0 Å². The lowest BCUT2D eigenvalue weighted by molar-refractivity contribution is 0.660. The van der Waals surface area contributed by atoms with E-state index in [9.17, 15) is 0 Å². The zero-order chi connectivity index (χ0) is 97.6. The minimum Gasteiger partial charge on any atom is -0.310 e. The Kier molecular flexibility index (Phi) is 22.4. The first-order valence-corrected chi connectivity index (χ1v) is 64.5. The molecule has 0 unspecified atom stereocenters. The summed E-state index contributed by atoms with van der Waals surface area (Å²) in [6, 6.07) is 165. The Morgan fingerprint density at radius 3 is 0.761 bits per heavy atom. The second kappa shape index (κ2) is 35.0. The zero-order valence-electron chi connectivity index (χ0n) is 84.4. The van der Waals surface area contributed by atoms with Gasteiger partial charge < -0.3 is 19.6 Å². The number of para-hydroxylation sites is 2. The molecule has 0 amide bonds. The molecule has 0 N–H and O–H groups in total. The Labute approximate surface area is 841 Å². The van der Waals surface area contributed by atoms with E-state index in [-0.39, 0.29) is 10.8 Å². The van der Waals surface area contributed by atoms with Gasteiger partial charge in [0, 0.05) is 78.8 Å². The molecule has 0 atom stereocenters. The van der Waals surface area contributed by atoms with Crippen LogP contribution in [-0.2, 0) is 10.8 Å². The van der Waals surface area contributed by atoms with Gasteiger partial charge in [0.1, 0.15) is 0 Å². The summed E-state index contributed by atoms with van der Waals surface area (Å²) in [5.41, 5.74) is 29.3. The maximum absolute atomic E-state index is 2.48.